The predicted octanol–water partition coefficient (Wildman–Crippen LogP) is 3.36. The van der Waals surface area contributed by atoms with Gasteiger partial charge in [-0.25, -0.2) is 17.5 Å². The van der Waals surface area contributed by atoms with E-state index in [1.54, 1.807) is 0 Å². The summed E-state index contributed by atoms with van der Waals surface area (Å²) in [6, 6.07) is 8.44. The topological polar surface area (TPSA) is 80.3 Å². The third kappa shape index (κ3) is 4.46. The van der Waals surface area contributed by atoms with Gasteiger partial charge in [-0.3, -0.25) is 9.59 Å². The van der Waals surface area contributed by atoms with Crippen molar-refractivity contribution in [2.24, 2.45) is 5.92 Å². The van der Waals surface area contributed by atoms with Crippen LogP contribution in [0.4, 0.5) is 4.39 Å². The Kier molecular flexibility index (Phi) is 6.00. The molecule has 154 valence electrons. The van der Waals surface area contributed by atoms with Crippen LogP contribution in [0.1, 0.15) is 41.0 Å². The fourth-order valence-corrected chi connectivity index (χ4v) is 5.16. The second-order valence-electron chi connectivity index (χ2n) is 7.66. The number of benzene rings is 2. The quantitative estimate of drug-likeness (QED) is 0.731. The molecule has 0 aliphatic heterocycles. The molecule has 0 amide bonds. The van der Waals surface area contributed by atoms with Crippen molar-refractivity contribution in [2.75, 3.05) is 6.54 Å². The first-order chi connectivity index (χ1) is 13.6. The van der Waals surface area contributed by atoms with Gasteiger partial charge in [0.15, 0.2) is 5.78 Å². The van der Waals surface area contributed by atoms with Gasteiger partial charge < -0.3 is 0 Å². The molecule has 0 heterocycles. The Morgan fingerprint density at radius 3 is 2.21 bits per heavy atom. The van der Waals surface area contributed by atoms with E-state index >= 15 is 0 Å². The molecule has 0 radical (unpaired) electrons. The van der Waals surface area contributed by atoms with Gasteiger partial charge in [-0.05, 0) is 68.1 Å². The highest BCUT2D eigenvalue weighted by atomic mass is 32.2. The van der Waals surface area contributed by atoms with Crippen LogP contribution in [-0.4, -0.2) is 26.5 Å². The maximum absolute atomic E-state index is 13.0. The lowest BCUT2D eigenvalue weighted by Gasteiger charge is -2.16. The van der Waals surface area contributed by atoms with Gasteiger partial charge in [0.25, 0.3) is 0 Å². The Morgan fingerprint density at radius 1 is 1.03 bits per heavy atom. The zero-order chi connectivity index (χ0) is 21.3. The minimum atomic E-state index is -3.80. The van der Waals surface area contributed by atoms with Crippen molar-refractivity contribution in [2.45, 2.75) is 44.4 Å². The molecule has 1 fully saturated rings. The first-order valence-electron chi connectivity index (χ1n) is 9.49. The van der Waals surface area contributed by atoms with E-state index in [1.165, 1.54) is 12.1 Å². The summed E-state index contributed by atoms with van der Waals surface area (Å²) in [5.41, 5.74) is 3.70. The maximum Gasteiger partial charge on any atom is 0.240 e. The van der Waals surface area contributed by atoms with Gasteiger partial charge in [-0.15, -0.1) is 0 Å². The van der Waals surface area contributed by atoms with E-state index in [-0.39, 0.29) is 35.8 Å². The number of rotatable bonds is 6. The number of hydrogen-bond donors (Lipinski definition) is 1. The lowest BCUT2D eigenvalue weighted by molar-refractivity contribution is -0.124. The van der Waals surface area contributed by atoms with E-state index < -0.39 is 27.7 Å². The number of aryl methyl sites for hydroxylation is 3. The summed E-state index contributed by atoms with van der Waals surface area (Å²) in [7, 11) is -3.80. The largest absolute Gasteiger partial charge is 0.298 e. The summed E-state index contributed by atoms with van der Waals surface area (Å²) in [6.45, 7) is 5.81. The van der Waals surface area contributed by atoms with Gasteiger partial charge >= 0.3 is 0 Å². The zero-order valence-electron chi connectivity index (χ0n) is 16.7. The highest BCUT2D eigenvalue weighted by molar-refractivity contribution is 7.89. The summed E-state index contributed by atoms with van der Waals surface area (Å²) in [5, 5.41) is 0. The van der Waals surface area contributed by atoms with E-state index in [0.29, 0.717) is 0 Å². The monoisotopic (exact) mass is 417 g/mol. The molecule has 3 rings (SSSR count). The molecule has 0 bridgehead atoms. The van der Waals surface area contributed by atoms with Gasteiger partial charge in [-0.1, -0.05) is 17.7 Å². The third-order valence-corrected chi connectivity index (χ3v) is 6.87. The zero-order valence-corrected chi connectivity index (χ0v) is 17.5. The summed E-state index contributed by atoms with van der Waals surface area (Å²) < 4.78 is 40.0. The molecule has 29 heavy (non-hydrogen) atoms. The summed E-state index contributed by atoms with van der Waals surface area (Å²) in [5.74, 6) is -2.06. The van der Waals surface area contributed by atoms with Crippen LogP contribution >= 0.6 is 0 Å². The Balaban J connectivity index is 1.69. The van der Waals surface area contributed by atoms with Gasteiger partial charge in [0.2, 0.25) is 10.0 Å². The normalized spacial score (nSPS) is 19.7. The van der Waals surface area contributed by atoms with Crippen LogP contribution in [0.25, 0.3) is 0 Å². The lowest BCUT2D eigenvalue weighted by Crippen LogP contribution is -2.27. The number of carbonyl (C=O) groups is 2. The van der Waals surface area contributed by atoms with Crippen molar-refractivity contribution in [3.05, 3.63) is 64.5 Å². The molecule has 7 heteroatoms. The van der Waals surface area contributed by atoms with Crippen LogP contribution in [0.3, 0.4) is 0 Å². The number of carbonyl (C=O) groups excluding carboxylic acids is 2. The second kappa shape index (κ2) is 8.16. The van der Waals surface area contributed by atoms with E-state index in [4.69, 9.17) is 0 Å². The van der Waals surface area contributed by atoms with Crippen molar-refractivity contribution in [3.63, 3.8) is 0 Å². The molecule has 2 aromatic rings. The first-order valence-corrected chi connectivity index (χ1v) is 11.0. The maximum atomic E-state index is 13.0. The number of ketones is 2. The minimum absolute atomic E-state index is 0.0297. The van der Waals surface area contributed by atoms with Crippen LogP contribution in [-0.2, 0) is 19.6 Å². The van der Waals surface area contributed by atoms with Crippen LogP contribution in [0, 0.1) is 32.5 Å². The van der Waals surface area contributed by atoms with Crippen LogP contribution in [0.15, 0.2) is 41.3 Å². The summed E-state index contributed by atoms with van der Waals surface area (Å²) in [6.07, 6.45) is 0.361. The van der Waals surface area contributed by atoms with E-state index in [2.05, 4.69) is 4.72 Å². The van der Waals surface area contributed by atoms with Crippen molar-refractivity contribution in [3.8, 4) is 0 Å². The number of halogens is 1. The molecule has 1 saturated carbocycles. The van der Waals surface area contributed by atoms with Gasteiger partial charge in [0.1, 0.15) is 17.5 Å². The second-order valence-corrected chi connectivity index (χ2v) is 9.42. The molecular formula is C22H24FNO4S. The minimum Gasteiger partial charge on any atom is -0.298 e. The molecule has 2 atom stereocenters. The number of hydrogen-bond acceptors (Lipinski definition) is 4. The van der Waals surface area contributed by atoms with Crippen molar-refractivity contribution in [1.29, 1.82) is 0 Å². The molecule has 1 aliphatic rings. The van der Waals surface area contributed by atoms with Crippen molar-refractivity contribution < 1.29 is 22.4 Å². The predicted molar refractivity (Wildman–Crippen MR) is 108 cm³/mol. The Labute approximate surface area is 170 Å². The molecule has 2 unspecified atom stereocenters. The van der Waals surface area contributed by atoms with Crippen LogP contribution in [0.2, 0.25) is 0 Å². The SMILES string of the molecule is Cc1cc(C)c(C2C(=O)CC(CCNS(=O)(=O)c3ccc(F)cc3)C2=O)c(C)c1. The lowest BCUT2D eigenvalue weighted by atomic mass is 9.86. The smallest absolute Gasteiger partial charge is 0.240 e. The third-order valence-electron chi connectivity index (χ3n) is 5.39. The summed E-state index contributed by atoms with van der Waals surface area (Å²) in [4.78, 5) is 25.5. The molecular weight excluding hydrogens is 393 g/mol. The van der Waals surface area contributed by atoms with E-state index in [1.807, 2.05) is 32.9 Å². The molecule has 5 nitrogen and oxygen atoms in total. The van der Waals surface area contributed by atoms with E-state index in [0.717, 1.165) is 34.4 Å². The number of nitrogens with one attached hydrogen (secondary N) is 1. The van der Waals surface area contributed by atoms with Crippen LogP contribution < -0.4 is 4.72 Å². The molecule has 0 aromatic heterocycles. The molecule has 1 N–H and O–H groups in total. The van der Waals surface area contributed by atoms with Crippen molar-refractivity contribution >= 4 is 21.6 Å². The highest BCUT2D eigenvalue weighted by Crippen LogP contribution is 2.37. The Bertz CT molecular complexity index is 1040. The van der Waals surface area contributed by atoms with Crippen LogP contribution in [0.5, 0.6) is 0 Å². The Morgan fingerprint density at radius 2 is 1.62 bits per heavy atom. The standard InChI is InChI=1S/C22H24FNO4S/c1-13-10-14(2)20(15(3)11-13)21-19(25)12-16(22(21)26)8-9-24-29(27,28)18-6-4-17(23)5-7-18/h4-7,10-11,16,21,24H,8-9,12H2,1-3H3. The van der Waals surface area contributed by atoms with Gasteiger partial charge in [0.05, 0.1) is 4.90 Å². The van der Waals surface area contributed by atoms with Gasteiger partial charge in [-0.2, -0.15) is 0 Å². The highest BCUT2D eigenvalue weighted by Gasteiger charge is 2.42. The molecule has 0 spiro atoms. The fraction of sp³-hybridized carbons (Fsp3) is 0.364. The van der Waals surface area contributed by atoms with Gasteiger partial charge in [0, 0.05) is 18.9 Å². The average molecular weight is 418 g/mol. The molecule has 0 saturated heterocycles. The molecule has 1 aliphatic carbocycles. The fourth-order valence-electron chi connectivity index (χ4n) is 4.11. The Hall–Kier alpha value is -2.38. The molecule has 2 aromatic carbocycles. The summed E-state index contributed by atoms with van der Waals surface area (Å²) >= 11 is 0. The average Bonchev–Trinajstić information content (AvgIpc) is 2.89. The van der Waals surface area contributed by atoms with E-state index in [9.17, 15) is 22.4 Å². The number of Topliss-reactive ketones (excluding diaryl/α,β-unsaturated/α-hetero) is 2. The number of sulfonamides is 1. The van der Waals surface area contributed by atoms with Crippen molar-refractivity contribution in [1.82, 2.24) is 4.72 Å². The first kappa shape index (κ1) is 21.3.